The number of nitrogens with one attached hydrogen (secondary N) is 1. The fourth-order valence-electron chi connectivity index (χ4n) is 1.55. The van der Waals surface area contributed by atoms with E-state index in [1.807, 2.05) is 0 Å². The Balaban J connectivity index is 2.16. The molecule has 0 saturated carbocycles. The van der Waals surface area contributed by atoms with Crippen molar-refractivity contribution in [1.29, 1.82) is 0 Å². The minimum atomic E-state index is -1.08. The number of hydrogen-bond acceptors (Lipinski definition) is 6. The molecular weight excluding hydrogens is 274 g/mol. The highest BCUT2D eigenvalue weighted by Crippen LogP contribution is 2.30. The highest BCUT2D eigenvalue weighted by molar-refractivity contribution is 8.00. The maximum atomic E-state index is 11.7. The zero-order valence-electron chi connectivity index (χ0n) is 9.90. The lowest BCUT2D eigenvalue weighted by Gasteiger charge is -2.13. The molecule has 0 aromatic carbocycles. The van der Waals surface area contributed by atoms with Gasteiger partial charge in [-0.2, -0.15) is 4.98 Å². The van der Waals surface area contributed by atoms with Gasteiger partial charge < -0.3 is 15.2 Å². The molecule has 1 saturated heterocycles. The third-order valence-electron chi connectivity index (χ3n) is 2.32. The second kappa shape index (κ2) is 5.41. The second-order valence-electron chi connectivity index (χ2n) is 3.78. The topological polar surface area (TPSA) is 111 Å². The fourth-order valence-corrected chi connectivity index (χ4v) is 2.48. The Bertz CT molecular complexity index is 573. The van der Waals surface area contributed by atoms with E-state index < -0.39 is 23.3 Å². The SMILES string of the molecule is CC(=O)Nc1ccn(C2CSC(C(=O)O)O2)c(=O)n1. The second-order valence-corrected chi connectivity index (χ2v) is 4.87. The van der Waals surface area contributed by atoms with Crippen molar-refractivity contribution >= 4 is 29.5 Å². The van der Waals surface area contributed by atoms with Crippen LogP contribution in [0.25, 0.3) is 0 Å². The lowest BCUT2D eigenvalue weighted by molar-refractivity contribution is -0.147. The van der Waals surface area contributed by atoms with Crippen molar-refractivity contribution in [3.8, 4) is 0 Å². The summed E-state index contributed by atoms with van der Waals surface area (Å²) in [7, 11) is 0. The van der Waals surface area contributed by atoms with Crippen molar-refractivity contribution in [2.24, 2.45) is 0 Å². The number of carbonyl (C=O) groups excluding carboxylic acids is 1. The summed E-state index contributed by atoms with van der Waals surface area (Å²) in [5.41, 5.74) is -1.59. The molecule has 2 rings (SSSR count). The normalized spacial score (nSPS) is 22.2. The molecular formula is C10H11N3O5S. The minimum absolute atomic E-state index is 0.147. The van der Waals surface area contributed by atoms with Crippen LogP contribution in [0.5, 0.6) is 0 Å². The number of nitrogens with zero attached hydrogens (tertiary/aromatic N) is 2. The number of anilines is 1. The van der Waals surface area contributed by atoms with Gasteiger partial charge in [0, 0.05) is 18.9 Å². The summed E-state index contributed by atoms with van der Waals surface area (Å²) in [6.45, 7) is 1.31. The number of aliphatic carboxylic acids is 1. The quantitative estimate of drug-likeness (QED) is 0.796. The summed E-state index contributed by atoms with van der Waals surface area (Å²) in [4.78, 5) is 37.0. The Morgan fingerprint density at radius 3 is 2.89 bits per heavy atom. The molecule has 1 fully saturated rings. The van der Waals surface area contributed by atoms with Crippen LogP contribution in [-0.2, 0) is 14.3 Å². The molecule has 9 heteroatoms. The fraction of sp³-hybridized carbons (Fsp3) is 0.400. The van der Waals surface area contributed by atoms with Crippen LogP contribution in [0.2, 0.25) is 0 Å². The van der Waals surface area contributed by atoms with E-state index in [0.717, 1.165) is 11.8 Å². The molecule has 1 aromatic rings. The smallest absolute Gasteiger partial charge is 0.351 e. The Kier molecular flexibility index (Phi) is 3.86. The van der Waals surface area contributed by atoms with Crippen LogP contribution in [0.15, 0.2) is 17.1 Å². The van der Waals surface area contributed by atoms with Gasteiger partial charge in [0.2, 0.25) is 11.3 Å². The van der Waals surface area contributed by atoms with Crippen LogP contribution in [-0.4, -0.2) is 37.7 Å². The number of aromatic nitrogens is 2. The highest BCUT2D eigenvalue weighted by Gasteiger charge is 2.32. The lowest BCUT2D eigenvalue weighted by atomic mass is 10.5. The summed E-state index contributed by atoms with van der Waals surface area (Å²) in [6, 6.07) is 1.45. The van der Waals surface area contributed by atoms with Gasteiger partial charge in [-0.1, -0.05) is 0 Å². The van der Waals surface area contributed by atoms with E-state index >= 15 is 0 Å². The van der Waals surface area contributed by atoms with Crippen LogP contribution in [0.3, 0.4) is 0 Å². The Morgan fingerprint density at radius 2 is 2.37 bits per heavy atom. The van der Waals surface area contributed by atoms with Gasteiger partial charge in [0.15, 0.2) is 0 Å². The zero-order valence-corrected chi connectivity index (χ0v) is 10.7. The van der Waals surface area contributed by atoms with Gasteiger partial charge in [0.25, 0.3) is 0 Å². The molecule has 1 amide bonds. The molecule has 1 aromatic heterocycles. The van der Waals surface area contributed by atoms with Gasteiger partial charge in [0.05, 0.1) is 0 Å². The first-order chi connectivity index (χ1) is 8.97. The van der Waals surface area contributed by atoms with Crippen LogP contribution in [0.4, 0.5) is 5.82 Å². The molecule has 2 unspecified atom stereocenters. The minimum Gasteiger partial charge on any atom is -0.479 e. The number of carboxylic acids is 1. The molecule has 0 radical (unpaired) electrons. The van der Waals surface area contributed by atoms with Crippen LogP contribution >= 0.6 is 11.8 Å². The van der Waals surface area contributed by atoms with Gasteiger partial charge in [-0.25, -0.2) is 9.59 Å². The number of carbonyl (C=O) groups is 2. The first-order valence-corrected chi connectivity index (χ1v) is 6.39. The number of thioether (sulfide) groups is 1. The summed E-state index contributed by atoms with van der Waals surface area (Å²) in [5, 5.41) is 11.2. The van der Waals surface area contributed by atoms with Gasteiger partial charge in [-0.3, -0.25) is 9.36 Å². The third-order valence-corrected chi connectivity index (χ3v) is 3.41. The largest absolute Gasteiger partial charge is 0.479 e. The van der Waals surface area contributed by atoms with E-state index in [1.54, 1.807) is 0 Å². The predicted octanol–water partition coefficient (Wildman–Crippen LogP) is -0.126. The van der Waals surface area contributed by atoms with Crippen molar-refractivity contribution in [2.45, 2.75) is 18.6 Å². The molecule has 8 nitrogen and oxygen atoms in total. The van der Waals surface area contributed by atoms with Crippen molar-refractivity contribution in [3.05, 3.63) is 22.7 Å². The molecule has 0 aliphatic carbocycles. The number of carboxylic acid groups (broad SMARTS) is 1. The summed E-state index contributed by atoms with van der Waals surface area (Å²) >= 11 is 1.10. The molecule has 0 bridgehead atoms. The first kappa shape index (κ1) is 13.6. The first-order valence-electron chi connectivity index (χ1n) is 5.34. The summed E-state index contributed by atoms with van der Waals surface area (Å²) < 4.78 is 6.41. The molecule has 2 heterocycles. The zero-order chi connectivity index (χ0) is 14.0. The number of hydrogen-bond donors (Lipinski definition) is 2. The predicted molar refractivity (Wildman–Crippen MR) is 66.8 cm³/mol. The van der Waals surface area contributed by atoms with E-state index in [9.17, 15) is 14.4 Å². The Labute approximate surface area is 111 Å². The lowest BCUT2D eigenvalue weighted by Crippen LogP contribution is -2.29. The maximum absolute atomic E-state index is 11.7. The molecule has 19 heavy (non-hydrogen) atoms. The average molecular weight is 285 g/mol. The maximum Gasteiger partial charge on any atom is 0.351 e. The van der Waals surface area contributed by atoms with E-state index in [4.69, 9.17) is 9.84 Å². The van der Waals surface area contributed by atoms with Gasteiger partial charge in [-0.05, 0) is 6.07 Å². The standard InChI is InChI=1S/C10H11N3O5S/c1-5(14)11-6-2-3-13(10(17)12-6)7-4-19-9(18-7)8(15)16/h2-3,7,9H,4H2,1H3,(H,15,16)(H,11,12,14,17). The van der Waals surface area contributed by atoms with Gasteiger partial charge in [0.1, 0.15) is 12.0 Å². The summed E-state index contributed by atoms with van der Waals surface area (Å²) in [5.74, 6) is -0.918. The van der Waals surface area contributed by atoms with E-state index in [0.29, 0.717) is 5.75 Å². The Morgan fingerprint density at radius 1 is 1.63 bits per heavy atom. The number of amides is 1. The van der Waals surface area contributed by atoms with Crippen molar-refractivity contribution in [1.82, 2.24) is 9.55 Å². The monoisotopic (exact) mass is 285 g/mol. The number of rotatable bonds is 3. The van der Waals surface area contributed by atoms with Crippen LogP contribution in [0, 0.1) is 0 Å². The van der Waals surface area contributed by atoms with Gasteiger partial charge in [-0.15, -0.1) is 11.8 Å². The van der Waals surface area contributed by atoms with Crippen molar-refractivity contribution in [2.75, 3.05) is 11.1 Å². The summed E-state index contributed by atoms with van der Waals surface area (Å²) in [6.07, 6.45) is 0.744. The van der Waals surface area contributed by atoms with Gasteiger partial charge >= 0.3 is 11.7 Å². The molecule has 2 atom stereocenters. The van der Waals surface area contributed by atoms with Crippen molar-refractivity contribution < 1.29 is 19.4 Å². The molecule has 2 N–H and O–H groups in total. The molecule has 0 spiro atoms. The molecule has 102 valence electrons. The average Bonchev–Trinajstić information content (AvgIpc) is 2.77. The van der Waals surface area contributed by atoms with E-state index in [2.05, 4.69) is 10.3 Å². The molecule has 1 aliphatic heterocycles. The number of ether oxygens (including phenoxy) is 1. The van der Waals surface area contributed by atoms with Crippen LogP contribution < -0.4 is 11.0 Å². The van der Waals surface area contributed by atoms with E-state index in [-0.39, 0.29) is 11.7 Å². The van der Waals surface area contributed by atoms with Crippen LogP contribution in [0.1, 0.15) is 13.2 Å². The Hall–Kier alpha value is -1.87. The third kappa shape index (κ3) is 3.12. The highest BCUT2D eigenvalue weighted by atomic mass is 32.2. The van der Waals surface area contributed by atoms with E-state index in [1.165, 1.54) is 23.8 Å². The molecule has 1 aliphatic rings. The van der Waals surface area contributed by atoms with Crippen molar-refractivity contribution in [3.63, 3.8) is 0 Å².